The largest absolute Gasteiger partial charge is 0.491 e. The van der Waals surface area contributed by atoms with Gasteiger partial charge in [-0.15, -0.1) is 10.2 Å². The summed E-state index contributed by atoms with van der Waals surface area (Å²) in [5.74, 6) is 0.453. The molecule has 3 aromatic heterocycles. The minimum Gasteiger partial charge on any atom is -0.491 e. The fourth-order valence-electron chi connectivity index (χ4n) is 4.22. The molecular weight excluding hydrogens is 395 g/mol. The van der Waals surface area contributed by atoms with Crippen LogP contribution in [-0.4, -0.2) is 50.2 Å². The van der Waals surface area contributed by atoms with Gasteiger partial charge in [0.2, 0.25) is 0 Å². The number of benzene rings is 1. The Morgan fingerprint density at radius 1 is 1.23 bits per heavy atom. The summed E-state index contributed by atoms with van der Waals surface area (Å²) in [7, 11) is 0. The molecule has 1 saturated heterocycles. The van der Waals surface area contributed by atoms with Gasteiger partial charge in [-0.2, -0.15) is 0 Å². The van der Waals surface area contributed by atoms with E-state index in [2.05, 4.69) is 34.3 Å². The van der Waals surface area contributed by atoms with Gasteiger partial charge >= 0.3 is 0 Å². The third-order valence-corrected chi connectivity index (χ3v) is 5.98. The highest BCUT2D eigenvalue weighted by Gasteiger charge is 2.25. The predicted octanol–water partition coefficient (Wildman–Crippen LogP) is 3.58. The Morgan fingerprint density at radius 2 is 2.10 bits per heavy atom. The van der Waals surface area contributed by atoms with Crippen molar-refractivity contribution in [3.05, 3.63) is 54.0 Å². The first-order valence-corrected chi connectivity index (χ1v) is 10.6. The van der Waals surface area contributed by atoms with E-state index in [4.69, 9.17) is 15.5 Å². The molecule has 4 aromatic rings. The Kier molecular flexibility index (Phi) is 5.03. The fourth-order valence-corrected chi connectivity index (χ4v) is 4.22. The zero-order valence-electron chi connectivity index (χ0n) is 17.6. The molecule has 0 bridgehead atoms. The van der Waals surface area contributed by atoms with Crippen LogP contribution in [0.2, 0.25) is 0 Å². The second kappa shape index (κ2) is 7.86. The van der Waals surface area contributed by atoms with Crippen LogP contribution < -0.4 is 10.5 Å². The van der Waals surface area contributed by atoms with Crippen LogP contribution >= 0.6 is 0 Å². The molecule has 8 heteroatoms. The molecule has 1 fully saturated rings. The van der Waals surface area contributed by atoms with Crippen LogP contribution in [0.25, 0.3) is 28.1 Å². The van der Waals surface area contributed by atoms with Crippen molar-refractivity contribution >= 4 is 16.6 Å². The van der Waals surface area contributed by atoms with Crippen molar-refractivity contribution in [1.82, 2.24) is 24.5 Å². The molecule has 2 N–H and O–H groups in total. The lowest BCUT2D eigenvalue weighted by Gasteiger charge is -2.24. The minimum atomic E-state index is -0.392. The van der Waals surface area contributed by atoms with Crippen LogP contribution in [0, 0.1) is 5.82 Å². The van der Waals surface area contributed by atoms with E-state index in [0.29, 0.717) is 29.0 Å². The van der Waals surface area contributed by atoms with Crippen LogP contribution in [0.5, 0.6) is 5.75 Å². The van der Waals surface area contributed by atoms with Crippen molar-refractivity contribution in [2.75, 3.05) is 19.7 Å². The van der Waals surface area contributed by atoms with Gasteiger partial charge in [-0.3, -0.25) is 9.30 Å². The SMILES string of the molecule is CCOc1cc2nc(-c3nnc4ccc([C@H](C)N5CCC(N)C5)cn34)ccc2cc1F. The molecule has 0 saturated carbocycles. The molecule has 0 amide bonds. The second-order valence-electron chi connectivity index (χ2n) is 8.04. The van der Waals surface area contributed by atoms with E-state index in [0.717, 1.165) is 25.2 Å². The minimum absolute atomic E-state index is 0.200. The summed E-state index contributed by atoms with van der Waals surface area (Å²) in [5, 5.41) is 9.38. The summed E-state index contributed by atoms with van der Waals surface area (Å²) in [6.07, 6.45) is 3.09. The Labute approximate surface area is 179 Å². The average molecular weight is 420 g/mol. The van der Waals surface area contributed by atoms with Crippen molar-refractivity contribution in [3.8, 4) is 17.3 Å². The van der Waals surface area contributed by atoms with Gasteiger partial charge < -0.3 is 10.5 Å². The quantitative estimate of drug-likeness (QED) is 0.532. The molecule has 1 aromatic carbocycles. The molecule has 7 nitrogen and oxygen atoms in total. The summed E-state index contributed by atoms with van der Waals surface area (Å²) in [4.78, 5) is 7.11. The lowest BCUT2D eigenvalue weighted by molar-refractivity contribution is 0.259. The number of likely N-dealkylation sites (tertiary alicyclic amines) is 1. The maximum atomic E-state index is 14.2. The van der Waals surface area contributed by atoms with Gasteiger partial charge in [0, 0.05) is 42.8 Å². The first kappa shape index (κ1) is 19.8. The molecule has 5 rings (SSSR count). The van der Waals surface area contributed by atoms with E-state index >= 15 is 0 Å². The molecule has 1 unspecified atom stereocenters. The fraction of sp³-hybridized carbons (Fsp3) is 0.348. The molecule has 160 valence electrons. The number of nitrogens with two attached hydrogens (primary N) is 1. The Hall–Kier alpha value is -3.10. The average Bonchev–Trinajstić information content (AvgIpc) is 3.39. The number of pyridine rings is 2. The van der Waals surface area contributed by atoms with Crippen LogP contribution in [0.3, 0.4) is 0 Å². The maximum Gasteiger partial charge on any atom is 0.187 e. The highest BCUT2D eigenvalue weighted by atomic mass is 19.1. The Balaban J connectivity index is 1.55. The summed E-state index contributed by atoms with van der Waals surface area (Å²) in [6.45, 7) is 6.31. The highest BCUT2D eigenvalue weighted by molar-refractivity contribution is 5.82. The van der Waals surface area contributed by atoms with Gasteiger partial charge in [0.05, 0.1) is 12.1 Å². The number of halogens is 1. The van der Waals surface area contributed by atoms with E-state index in [1.165, 1.54) is 11.6 Å². The number of ether oxygens (including phenoxy) is 1. The van der Waals surface area contributed by atoms with Crippen molar-refractivity contribution in [2.45, 2.75) is 32.4 Å². The summed E-state index contributed by atoms with van der Waals surface area (Å²) >= 11 is 0. The van der Waals surface area contributed by atoms with Crippen molar-refractivity contribution in [3.63, 3.8) is 0 Å². The molecule has 4 heterocycles. The van der Waals surface area contributed by atoms with E-state index in [1.807, 2.05) is 29.5 Å². The van der Waals surface area contributed by atoms with E-state index in [-0.39, 0.29) is 17.8 Å². The molecule has 1 aliphatic rings. The van der Waals surface area contributed by atoms with E-state index < -0.39 is 5.82 Å². The zero-order chi connectivity index (χ0) is 21.5. The first-order chi connectivity index (χ1) is 15.0. The third kappa shape index (κ3) is 3.62. The smallest absolute Gasteiger partial charge is 0.187 e. The Bertz CT molecular complexity index is 1260. The second-order valence-corrected chi connectivity index (χ2v) is 8.04. The summed E-state index contributed by atoms with van der Waals surface area (Å²) in [6, 6.07) is 11.3. The van der Waals surface area contributed by atoms with Crippen LogP contribution in [0.15, 0.2) is 42.6 Å². The zero-order valence-corrected chi connectivity index (χ0v) is 17.6. The molecule has 0 radical (unpaired) electrons. The topological polar surface area (TPSA) is 81.6 Å². The number of fused-ring (bicyclic) bond motifs is 2. The van der Waals surface area contributed by atoms with E-state index in [9.17, 15) is 4.39 Å². The van der Waals surface area contributed by atoms with Gasteiger partial charge in [-0.25, -0.2) is 9.37 Å². The monoisotopic (exact) mass is 420 g/mol. The van der Waals surface area contributed by atoms with Crippen LogP contribution in [0.4, 0.5) is 4.39 Å². The standard InChI is InChI=1S/C23H25FN6O/c1-3-31-21-11-20-15(10-18(21)24)4-6-19(26-20)23-28-27-22-7-5-16(12-30(22)23)14(2)29-9-8-17(25)13-29/h4-7,10-12,14,17H,3,8-9,13,25H2,1-2H3/t14-,17?/m0/s1. The lowest BCUT2D eigenvalue weighted by atomic mass is 10.1. The number of hydrogen-bond donors (Lipinski definition) is 1. The van der Waals surface area contributed by atoms with Crippen molar-refractivity contribution < 1.29 is 9.13 Å². The molecule has 0 aliphatic carbocycles. The van der Waals surface area contributed by atoms with Crippen molar-refractivity contribution in [1.29, 1.82) is 0 Å². The number of nitrogens with zero attached hydrogens (tertiary/aromatic N) is 5. The number of hydrogen-bond acceptors (Lipinski definition) is 6. The predicted molar refractivity (Wildman–Crippen MR) is 117 cm³/mol. The van der Waals surface area contributed by atoms with Gasteiger partial charge in [-0.05, 0) is 44.0 Å². The normalized spacial score (nSPS) is 18.1. The summed E-state index contributed by atoms with van der Waals surface area (Å²) < 4.78 is 21.5. The molecule has 1 aliphatic heterocycles. The molecule has 31 heavy (non-hydrogen) atoms. The first-order valence-electron chi connectivity index (χ1n) is 10.6. The highest BCUT2D eigenvalue weighted by Crippen LogP contribution is 2.28. The van der Waals surface area contributed by atoms with Gasteiger partial charge in [0.1, 0.15) is 5.69 Å². The summed E-state index contributed by atoms with van der Waals surface area (Å²) in [5.41, 5.74) is 9.33. The van der Waals surface area contributed by atoms with E-state index in [1.54, 1.807) is 6.07 Å². The lowest BCUT2D eigenvalue weighted by Crippen LogP contribution is -2.28. The van der Waals surface area contributed by atoms with Crippen LogP contribution in [-0.2, 0) is 0 Å². The van der Waals surface area contributed by atoms with Gasteiger partial charge in [-0.1, -0.05) is 12.1 Å². The van der Waals surface area contributed by atoms with Gasteiger partial charge in [0.15, 0.2) is 23.0 Å². The number of rotatable bonds is 5. The maximum absolute atomic E-state index is 14.2. The Morgan fingerprint density at radius 3 is 2.87 bits per heavy atom. The van der Waals surface area contributed by atoms with Crippen molar-refractivity contribution in [2.24, 2.45) is 5.73 Å². The molecule has 0 spiro atoms. The van der Waals surface area contributed by atoms with Crippen LogP contribution in [0.1, 0.15) is 31.9 Å². The molecule has 2 atom stereocenters. The third-order valence-electron chi connectivity index (χ3n) is 5.98. The van der Waals surface area contributed by atoms with Gasteiger partial charge in [0.25, 0.3) is 0 Å². The number of aromatic nitrogens is 4. The molecular formula is C23H25FN6O.